The second kappa shape index (κ2) is 8.06. The minimum Gasteiger partial charge on any atom is -0.300 e. The summed E-state index contributed by atoms with van der Waals surface area (Å²) in [5, 5.41) is 0.331. The van der Waals surface area contributed by atoms with E-state index >= 15 is 0 Å². The van der Waals surface area contributed by atoms with Gasteiger partial charge in [-0.15, -0.1) is 0 Å². The number of hydrogen-bond donors (Lipinski definition) is 0. The lowest BCUT2D eigenvalue weighted by Gasteiger charge is -2.34. The van der Waals surface area contributed by atoms with E-state index in [2.05, 4.69) is 17.0 Å². The van der Waals surface area contributed by atoms with E-state index in [9.17, 15) is 8.42 Å². The lowest BCUT2D eigenvalue weighted by molar-refractivity contribution is 0.190. The minimum atomic E-state index is -3.67. The van der Waals surface area contributed by atoms with Crippen LogP contribution < -0.4 is 0 Å². The highest BCUT2D eigenvalue weighted by Gasteiger charge is 2.31. The monoisotopic (exact) mass is 398 g/mol. The molecular formula is C18H20Cl2N2O2S. The molecule has 0 bridgehead atoms. The van der Waals surface area contributed by atoms with Gasteiger partial charge in [0, 0.05) is 32.7 Å². The van der Waals surface area contributed by atoms with Crippen LogP contribution in [0, 0.1) is 0 Å². The van der Waals surface area contributed by atoms with Gasteiger partial charge in [0.2, 0.25) is 10.0 Å². The summed E-state index contributed by atoms with van der Waals surface area (Å²) in [4.78, 5) is 2.30. The molecule has 0 unspecified atom stereocenters. The fourth-order valence-electron chi connectivity index (χ4n) is 2.98. The number of rotatable bonds is 5. The molecule has 25 heavy (non-hydrogen) atoms. The Hall–Kier alpha value is -1.11. The highest BCUT2D eigenvalue weighted by Crippen LogP contribution is 2.31. The lowest BCUT2D eigenvalue weighted by atomic mass is 10.1. The van der Waals surface area contributed by atoms with Gasteiger partial charge < -0.3 is 4.90 Å². The molecule has 0 amide bonds. The summed E-state index contributed by atoms with van der Waals surface area (Å²) >= 11 is 12.2. The van der Waals surface area contributed by atoms with E-state index in [1.807, 2.05) is 18.2 Å². The van der Waals surface area contributed by atoms with Crippen LogP contribution in [-0.2, 0) is 16.4 Å². The smallest absolute Gasteiger partial charge is 0.246 e. The van der Waals surface area contributed by atoms with Crippen LogP contribution in [0.2, 0.25) is 10.0 Å². The molecule has 1 aliphatic heterocycles. The van der Waals surface area contributed by atoms with Gasteiger partial charge in [-0.05, 0) is 24.1 Å². The summed E-state index contributed by atoms with van der Waals surface area (Å²) in [6, 6.07) is 15.0. The van der Waals surface area contributed by atoms with Crippen LogP contribution >= 0.6 is 23.2 Å². The number of halogens is 2. The topological polar surface area (TPSA) is 40.6 Å². The number of sulfonamides is 1. The standard InChI is InChI=1S/C18H20Cl2N2O2S/c19-16-7-4-8-17(20)18(16)25(23,24)22-13-11-21(12-14-22)10-9-15-5-2-1-3-6-15/h1-8H,9-14H2. The minimum absolute atomic E-state index is 0.0102. The number of benzene rings is 2. The lowest BCUT2D eigenvalue weighted by Crippen LogP contribution is -2.49. The van der Waals surface area contributed by atoms with Crippen LogP contribution in [0.3, 0.4) is 0 Å². The van der Waals surface area contributed by atoms with E-state index in [0.717, 1.165) is 13.0 Å². The van der Waals surface area contributed by atoms with Crippen molar-refractivity contribution in [1.29, 1.82) is 0 Å². The van der Waals surface area contributed by atoms with Crippen LogP contribution in [0.1, 0.15) is 5.56 Å². The van der Waals surface area contributed by atoms with Crippen molar-refractivity contribution in [2.24, 2.45) is 0 Å². The van der Waals surface area contributed by atoms with E-state index in [0.29, 0.717) is 26.2 Å². The first-order chi connectivity index (χ1) is 12.0. The van der Waals surface area contributed by atoms with E-state index in [1.165, 1.54) is 9.87 Å². The van der Waals surface area contributed by atoms with Crippen LogP contribution in [0.4, 0.5) is 0 Å². The molecule has 3 rings (SSSR count). The molecule has 0 radical (unpaired) electrons. The van der Waals surface area contributed by atoms with Gasteiger partial charge in [0.25, 0.3) is 0 Å². The van der Waals surface area contributed by atoms with Gasteiger partial charge in [0.15, 0.2) is 0 Å². The fourth-order valence-corrected chi connectivity index (χ4v) is 5.50. The molecule has 0 atom stereocenters. The van der Waals surface area contributed by atoms with Crippen molar-refractivity contribution < 1.29 is 8.42 Å². The Kier molecular flexibility index (Phi) is 6.02. The molecule has 1 aliphatic rings. The second-order valence-electron chi connectivity index (χ2n) is 6.03. The van der Waals surface area contributed by atoms with Crippen molar-refractivity contribution in [2.75, 3.05) is 32.7 Å². The normalized spacial score (nSPS) is 16.9. The average molecular weight is 399 g/mol. The summed E-state index contributed by atoms with van der Waals surface area (Å²) in [5.74, 6) is 0. The number of nitrogens with zero attached hydrogens (tertiary/aromatic N) is 2. The van der Waals surface area contributed by atoms with Gasteiger partial charge in [0.1, 0.15) is 4.90 Å². The SMILES string of the molecule is O=S(=O)(c1c(Cl)cccc1Cl)N1CCN(CCc2ccccc2)CC1. The Morgan fingerprint density at radius 2 is 1.44 bits per heavy atom. The summed E-state index contributed by atoms with van der Waals surface area (Å²) < 4.78 is 27.2. The first-order valence-electron chi connectivity index (χ1n) is 8.19. The van der Waals surface area contributed by atoms with Crippen molar-refractivity contribution >= 4 is 33.2 Å². The third-order valence-electron chi connectivity index (χ3n) is 4.41. The molecule has 1 fully saturated rings. The van der Waals surface area contributed by atoms with Crippen LogP contribution in [0.15, 0.2) is 53.4 Å². The van der Waals surface area contributed by atoms with Crippen LogP contribution in [0.25, 0.3) is 0 Å². The number of piperazine rings is 1. The molecule has 7 heteroatoms. The third kappa shape index (κ3) is 4.36. The van der Waals surface area contributed by atoms with E-state index < -0.39 is 10.0 Å². The van der Waals surface area contributed by atoms with Gasteiger partial charge in [-0.3, -0.25) is 0 Å². The van der Waals surface area contributed by atoms with E-state index in [4.69, 9.17) is 23.2 Å². The molecule has 0 aliphatic carbocycles. The van der Waals surface area contributed by atoms with Gasteiger partial charge in [-0.25, -0.2) is 8.42 Å². The summed E-state index contributed by atoms with van der Waals surface area (Å²) in [5.41, 5.74) is 1.29. The molecule has 0 aromatic heterocycles. The quantitative estimate of drug-likeness (QED) is 0.772. The molecular weight excluding hydrogens is 379 g/mol. The van der Waals surface area contributed by atoms with Gasteiger partial charge in [0.05, 0.1) is 10.0 Å². The van der Waals surface area contributed by atoms with Crippen molar-refractivity contribution in [3.8, 4) is 0 Å². The Morgan fingerprint density at radius 1 is 0.840 bits per heavy atom. The van der Waals surface area contributed by atoms with Crippen molar-refractivity contribution in [3.05, 3.63) is 64.1 Å². The van der Waals surface area contributed by atoms with Crippen LogP contribution in [-0.4, -0.2) is 50.3 Å². The zero-order chi connectivity index (χ0) is 17.9. The van der Waals surface area contributed by atoms with E-state index in [-0.39, 0.29) is 14.9 Å². The molecule has 0 saturated carbocycles. The maximum absolute atomic E-state index is 12.9. The molecule has 2 aromatic carbocycles. The van der Waals surface area contributed by atoms with Gasteiger partial charge >= 0.3 is 0 Å². The fraction of sp³-hybridized carbons (Fsp3) is 0.333. The molecule has 4 nitrogen and oxygen atoms in total. The average Bonchev–Trinajstić information content (AvgIpc) is 2.61. The predicted molar refractivity (Wildman–Crippen MR) is 102 cm³/mol. The highest BCUT2D eigenvalue weighted by molar-refractivity contribution is 7.89. The third-order valence-corrected chi connectivity index (χ3v) is 7.26. The Bertz CT molecular complexity index is 800. The molecule has 1 heterocycles. The second-order valence-corrected chi connectivity index (χ2v) is 8.72. The largest absolute Gasteiger partial charge is 0.300 e. The maximum Gasteiger partial charge on any atom is 0.246 e. The summed E-state index contributed by atoms with van der Waals surface area (Å²) in [6.45, 7) is 3.21. The van der Waals surface area contributed by atoms with Crippen LogP contribution in [0.5, 0.6) is 0 Å². The van der Waals surface area contributed by atoms with Crippen molar-refractivity contribution in [1.82, 2.24) is 9.21 Å². The van der Waals surface area contributed by atoms with Gasteiger partial charge in [-0.1, -0.05) is 59.6 Å². The number of hydrogen-bond acceptors (Lipinski definition) is 3. The Labute approximate surface area is 159 Å². The summed E-state index contributed by atoms with van der Waals surface area (Å²) in [6.07, 6.45) is 0.962. The molecule has 1 saturated heterocycles. The highest BCUT2D eigenvalue weighted by atomic mass is 35.5. The van der Waals surface area contributed by atoms with Crippen molar-refractivity contribution in [3.63, 3.8) is 0 Å². The first kappa shape index (κ1) is 18.7. The van der Waals surface area contributed by atoms with E-state index in [1.54, 1.807) is 18.2 Å². The molecule has 2 aromatic rings. The Morgan fingerprint density at radius 3 is 2.04 bits per heavy atom. The zero-order valence-corrected chi connectivity index (χ0v) is 16.1. The predicted octanol–water partition coefficient (Wildman–Crippen LogP) is 3.54. The van der Waals surface area contributed by atoms with Gasteiger partial charge in [-0.2, -0.15) is 4.31 Å². The first-order valence-corrected chi connectivity index (χ1v) is 10.4. The maximum atomic E-state index is 12.9. The molecule has 134 valence electrons. The molecule has 0 spiro atoms. The summed E-state index contributed by atoms with van der Waals surface area (Å²) in [7, 11) is -3.67. The van der Waals surface area contributed by atoms with Crippen molar-refractivity contribution in [2.45, 2.75) is 11.3 Å². The molecule has 0 N–H and O–H groups in total. The zero-order valence-electron chi connectivity index (χ0n) is 13.7. The Balaban J connectivity index is 1.62.